The molecule has 1 aliphatic rings. The average molecular weight is 255 g/mol. The Labute approximate surface area is 109 Å². The fraction of sp³-hybridized carbons (Fsp3) is 0.846. The number of amides is 1. The van der Waals surface area contributed by atoms with Crippen LogP contribution in [0.25, 0.3) is 0 Å². The Bertz CT molecular complexity index is 311. The summed E-state index contributed by atoms with van der Waals surface area (Å²) in [6.07, 6.45) is 3.35. The number of nitrogens with two attached hydrogens (primary N) is 1. The highest BCUT2D eigenvalue weighted by molar-refractivity contribution is 6.02. The zero-order valence-corrected chi connectivity index (χ0v) is 11.6. The smallest absolute Gasteiger partial charge is 0.233 e. The summed E-state index contributed by atoms with van der Waals surface area (Å²) in [4.78, 5) is 14.4. The number of carbonyl (C=O) groups is 1. The Morgan fingerprint density at radius 3 is 2.50 bits per heavy atom. The summed E-state index contributed by atoms with van der Waals surface area (Å²) in [7, 11) is 0. The molecule has 1 unspecified atom stereocenters. The van der Waals surface area contributed by atoms with E-state index in [1.165, 1.54) is 12.8 Å². The van der Waals surface area contributed by atoms with E-state index in [4.69, 9.17) is 10.9 Å². The third-order valence-corrected chi connectivity index (χ3v) is 3.35. The van der Waals surface area contributed by atoms with E-state index in [9.17, 15) is 4.79 Å². The van der Waals surface area contributed by atoms with Gasteiger partial charge < -0.3 is 15.8 Å². The number of hydrogen-bond acceptors (Lipinski definition) is 3. The molecule has 5 nitrogen and oxygen atoms in total. The van der Waals surface area contributed by atoms with E-state index in [1.807, 2.05) is 18.7 Å². The van der Waals surface area contributed by atoms with Crippen LogP contribution in [0.2, 0.25) is 0 Å². The fourth-order valence-electron chi connectivity index (χ4n) is 2.19. The molecule has 0 bridgehead atoms. The summed E-state index contributed by atoms with van der Waals surface area (Å²) in [5.41, 5.74) is 5.65. The van der Waals surface area contributed by atoms with Crippen LogP contribution in [-0.4, -0.2) is 34.9 Å². The van der Waals surface area contributed by atoms with Crippen molar-refractivity contribution in [1.82, 2.24) is 4.90 Å². The molecular weight excluding hydrogens is 230 g/mol. The molecule has 0 aliphatic heterocycles. The van der Waals surface area contributed by atoms with Gasteiger partial charge in [-0.15, -0.1) is 0 Å². The summed E-state index contributed by atoms with van der Waals surface area (Å²) in [5.74, 6) is 0.189. The summed E-state index contributed by atoms with van der Waals surface area (Å²) in [6, 6.07) is 0. The van der Waals surface area contributed by atoms with Crippen molar-refractivity contribution in [3.05, 3.63) is 0 Å². The van der Waals surface area contributed by atoms with Gasteiger partial charge in [-0.2, -0.15) is 0 Å². The molecule has 0 saturated heterocycles. The molecule has 0 aromatic carbocycles. The quantitative estimate of drug-likeness (QED) is 0.314. The topological polar surface area (TPSA) is 78.9 Å². The molecule has 5 heteroatoms. The molecule has 3 N–H and O–H groups in total. The molecule has 0 spiro atoms. The standard InChI is InChI=1S/C13H25N3O2/c1-4-7-16(8-10-5-6-10)13(17)11(9(2)3)12(14)15-18/h9-11,18H,4-8H2,1-3H3,(H2,14,15). The van der Waals surface area contributed by atoms with Gasteiger partial charge in [-0.1, -0.05) is 25.9 Å². The van der Waals surface area contributed by atoms with Gasteiger partial charge in [0.2, 0.25) is 5.91 Å². The Morgan fingerprint density at radius 2 is 2.11 bits per heavy atom. The average Bonchev–Trinajstić information content (AvgIpc) is 3.11. The minimum absolute atomic E-state index is 0.00551. The van der Waals surface area contributed by atoms with Crippen LogP contribution in [0.5, 0.6) is 0 Å². The van der Waals surface area contributed by atoms with Crippen LogP contribution in [-0.2, 0) is 4.79 Å². The SMILES string of the molecule is CCCN(CC1CC1)C(=O)C(C(N)=NO)C(C)C. The normalized spacial score (nSPS) is 17.9. The lowest BCUT2D eigenvalue weighted by molar-refractivity contribution is -0.134. The fourth-order valence-corrected chi connectivity index (χ4v) is 2.19. The second-order valence-electron chi connectivity index (χ2n) is 5.47. The first-order valence-corrected chi connectivity index (χ1v) is 6.77. The number of amidine groups is 1. The third-order valence-electron chi connectivity index (χ3n) is 3.35. The van der Waals surface area contributed by atoms with Crippen LogP contribution in [0.15, 0.2) is 5.16 Å². The number of nitrogens with zero attached hydrogens (tertiary/aromatic N) is 2. The minimum atomic E-state index is -0.514. The molecule has 18 heavy (non-hydrogen) atoms. The number of hydrogen-bond donors (Lipinski definition) is 2. The van der Waals surface area contributed by atoms with E-state index in [1.54, 1.807) is 0 Å². The molecular formula is C13H25N3O2. The second-order valence-corrected chi connectivity index (χ2v) is 5.47. The number of oxime groups is 1. The van der Waals surface area contributed by atoms with Crippen molar-refractivity contribution >= 4 is 11.7 Å². The summed E-state index contributed by atoms with van der Waals surface area (Å²) in [6.45, 7) is 7.45. The Hall–Kier alpha value is -1.26. The lowest BCUT2D eigenvalue weighted by Crippen LogP contribution is -2.45. The Kier molecular flexibility index (Phi) is 5.44. The van der Waals surface area contributed by atoms with Crippen molar-refractivity contribution in [2.75, 3.05) is 13.1 Å². The lowest BCUT2D eigenvalue weighted by Gasteiger charge is -2.28. The van der Waals surface area contributed by atoms with Crippen LogP contribution >= 0.6 is 0 Å². The van der Waals surface area contributed by atoms with Gasteiger partial charge in [0.15, 0.2) is 5.84 Å². The zero-order chi connectivity index (χ0) is 13.7. The first-order chi connectivity index (χ1) is 8.51. The van der Waals surface area contributed by atoms with E-state index in [-0.39, 0.29) is 17.7 Å². The van der Waals surface area contributed by atoms with Crippen molar-refractivity contribution < 1.29 is 10.0 Å². The summed E-state index contributed by atoms with van der Waals surface area (Å²) >= 11 is 0. The van der Waals surface area contributed by atoms with E-state index in [0.29, 0.717) is 5.92 Å². The van der Waals surface area contributed by atoms with E-state index in [2.05, 4.69) is 12.1 Å². The van der Waals surface area contributed by atoms with Gasteiger partial charge in [0.1, 0.15) is 5.92 Å². The third kappa shape index (κ3) is 3.89. The summed E-state index contributed by atoms with van der Waals surface area (Å²) in [5, 5.41) is 11.8. The molecule has 1 aliphatic carbocycles. The van der Waals surface area contributed by atoms with Crippen LogP contribution in [0.4, 0.5) is 0 Å². The van der Waals surface area contributed by atoms with Gasteiger partial charge in [-0.05, 0) is 31.1 Å². The molecule has 0 aromatic rings. The highest BCUT2D eigenvalue weighted by Gasteiger charge is 2.33. The molecule has 0 aromatic heterocycles. The molecule has 1 fully saturated rings. The highest BCUT2D eigenvalue weighted by atomic mass is 16.4. The Morgan fingerprint density at radius 1 is 1.50 bits per heavy atom. The van der Waals surface area contributed by atoms with Crippen molar-refractivity contribution in [1.29, 1.82) is 0 Å². The molecule has 0 radical (unpaired) electrons. The summed E-state index contributed by atoms with van der Waals surface area (Å²) < 4.78 is 0. The predicted molar refractivity (Wildman–Crippen MR) is 71.3 cm³/mol. The van der Waals surface area contributed by atoms with Gasteiger partial charge >= 0.3 is 0 Å². The van der Waals surface area contributed by atoms with Gasteiger partial charge in [0.05, 0.1) is 0 Å². The van der Waals surface area contributed by atoms with Crippen LogP contribution < -0.4 is 5.73 Å². The first-order valence-electron chi connectivity index (χ1n) is 6.77. The minimum Gasteiger partial charge on any atom is -0.409 e. The molecule has 0 heterocycles. The van der Waals surface area contributed by atoms with E-state index >= 15 is 0 Å². The van der Waals surface area contributed by atoms with E-state index in [0.717, 1.165) is 19.5 Å². The molecule has 104 valence electrons. The number of rotatable bonds is 7. The van der Waals surface area contributed by atoms with Crippen LogP contribution in [0.1, 0.15) is 40.0 Å². The van der Waals surface area contributed by atoms with Crippen molar-refractivity contribution in [3.8, 4) is 0 Å². The van der Waals surface area contributed by atoms with Gasteiger partial charge in [-0.3, -0.25) is 4.79 Å². The largest absolute Gasteiger partial charge is 0.409 e. The zero-order valence-electron chi connectivity index (χ0n) is 11.6. The first kappa shape index (κ1) is 14.8. The van der Waals surface area contributed by atoms with E-state index < -0.39 is 5.92 Å². The highest BCUT2D eigenvalue weighted by Crippen LogP contribution is 2.30. The Balaban J connectivity index is 2.76. The van der Waals surface area contributed by atoms with Crippen LogP contribution in [0.3, 0.4) is 0 Å². The molecule has 1 saturated carbocycles. The number of carbonyl (C=O) groups excluding carboxylic acids is 1. The maximum atomic E-state index is 12.5. The van der Waals surface area contributed by atoms with Crippen molar-refractivity contribution in [3.63, 3.8) is 0 Å². The monoisotopic (exact) mass is 255 g/mol. The van der Waals surface area contributed by atoms with Gasteiger partial charge in [0.25, 0.3) is 0 Å². The van der Waals surface area contributed by atoms with Crippen molar-refractivity contribution in [2.45, 2.75) is 40.0 Å². The lowest BCUT2D eigenvalue weighted by atomic mass is 9.93. The van der Waals surface area contributed by atoms with Gasteiger partial charge in [-0.25, -0.2) is 0 Å². The second kappa shape index (κ2) is 6.61. The molecule has 1 rings (SSSR count). The van der Waals surface area contributed by atoms with Crippen molar-refractivity contribution in [2.24, 2.45) is 28.6 Å². The van der Waals surface area contributed by atoms with Crippen LogP contribution in [0, 0.1) is 17.8 Å². The predicted octanol–water partition coefficient (Wildman–Crippen LogP) is 1.65. The van der Waals surface area contributed by atoms with Gasteiger partial charge in [0, 0.05) is 13.1 Å². The maximum Gasteiger partial charge on any atom is 0.233 e. The molecule has 1 atom stereocenters. The maximum absolute atomic E-state index is 12.5. The molecule has 1 amide bonds.